The Morgan fingerprint density at radius 2 is 1.79 bits per heavy atom. The number of rotatable bonds is 7. The van der Waals surface area contributed by atoms with E-state index in [1.165, 1.54) is 30.5 Å². The first-order chi connectivity index (χ1) is 14.0. The maximum Gasteiger partial charge on any atom is 0.173 e. The number of aliphatic hydroxyl groups is 1. The van der Waals surface area contributed by atoms with Crippen molar-refractivity contribution in [2.24, 2.45) is 16.5 Å². The molecule has 1 saturated carbocycles. The molecule has 1 heterocycles. The zero-order valence-corrected chi connectivity index (χ0v) is 16.7. The summed E-state index contributed by atoms with van der Waals surface area (Å²) in [7, 11) is 0. The van der Waals surface area contributed by atoms with Crippen LogP contribution in [0.15, 0.2) is 41.2 Å². The predicted molar refractivity (Wildman–Crippen MR) is 113 cm³/mol. The molecule has 0 aromatic heterocycles. The Balaban J connectivity index is 1.54. The van der Waals surface area contributed by atoms with Crippen LogP contribution in [0.25, 0.3) is 0 Å². The van der Waals surface area contributed by atoms with Crippen LogP contribution in [0.1, 0.15) is 38.5 Å². The molecule has 1 aromatic rings. The van der Waals surface area contributed by atoms with E-state index in [1.807, 2.05) is 0 Å². The van der Waals surface area contributed by atoms with Crippen molar-refractivity contribution in [1.29, 1.82) is 0 Å². The Morgan fingerprint density at radius 1 is 1.17 bits per heavy atom. The van der Waals surface area contributed by atoms with Gasteiger partial charge in [0, 0.05) is 43.6 Å². The average Bonchev–Trinajstić information content (AvgIpc) is 2.75. The van der Waals surface area contributed by atoms with Gasteiger partial charge in [-0.15, -0.1) is 0 Å². The Hall–Kier alpha value is -2.16. The molecule has 7 nitrogen and oxygen atoms in total. The lowest BCUT2D eigenvalue weighted by Gasteiger charge is -2.41. The number of hydrogen-bond acceptors (Lipinski definition) is 6. The van der Waals surface area contributed by atoms with Crippen molar-refractivity contribution in [3.05, 3.63) is 42.0 Å². The molecule has 1 aromatic carbocycles. The lowest BCUT2D eigenvalue weighted by Crippen LogP contribution is -2.54. The topological polar surface area (TPSA) is 118 Å². The Morgan fingerprint density at radius 3 is 2.41 bits per heavy atom. The molecule has 0 bridgehead atoms. The quantitative estimate of drug-likeness (QED) is 0.270. The predicted octanol–water partition coefficient (Wildman–Crippen LogP) is 2.21. The fraction of sp³-hybridized carbons (Fsp3) is 0.571. The first-order valence-corrected chi connectivity index (χ1v) is 10.3. The molecule has 1 aliphatic carbocycles. The van der Waals surface area contributed by atoms with Crippen molar-refractivity contribution >= 4 is 11.5 Å². The maximum absolute atomic E-state index is 13.0. The number of ether oxygens (including phenoxy) is 1. The second-order valence-electron chi connectivity index (χ2n) is 7.96. The van der Waals surface area contributed by atoms with Crippen LogP contribution in [0.2, 0.25) is 0 Å². The first-order valence-electron chi connectivity index (χ1n) is 10.3. The molecule has 29 heavy (non-hydrogen) atoms. The van der Waals surface area contributed by atoms with E-state index < -0.39 is 0 Å². The summed E-state index contributed by atoms with van der Waals surface area (Å²) in [4.78, 5) is 4.11. The summed E-state index contributed by atoms with van der Waals surface area (Å²) in [5.74, 6) is -0.550. The zero-order chi connectivity index (χ0) is 20.7. The van der Waals surface area contributed by atoms with Gasteiger partial charge in [-0.05, 0) is 62.8 Å². The second kappa shape index (κ2) is 10.0. The van der Waals surface area contributed by atoms with Gasteiger partial charge < -0.3 is 31.9 Å². The van der Waals surface area contributed by atoms with Gasteiger partial charge in [0.1, 0.15) is 5.82 Å². The fourth-order valence-corrected chi connectivity index (χ4v) is 3.95. The van der Waals surface area contributed by atoms with Crippen LogP contribution < -0.4 is 22.1 Å². The van der Waals surface area contributed by atoms with Crippen molar-refractivity contribution in [2.45, 2.75) is 56.1 Å². The molecule has 1 saturated heterocycles. The Bertz CT molecular complexity index is 708. The van der Waals surface area contributed by atoms with E-state index in [1.54, 1.807) is 0 Å². The van der Waals surface area contributed by atoms with E-state index >= 15 is 0 Å². The minimum atomic E-state index is -0.351. The van der Waals surface area contributed by atoms with Crippen LogP contribution in [0.4, 0.5) is 10.1 Å². The minimum absolute atomic E-state index is 0.0360. The summed E-state index contributed by atoms with van der Waals surface area (Å²) in [6.07, 6.45) is 7.47. The molecule has 0 spiro atoms. The third-order valence-electron chi connectivity index (χ3n) is 5.88. The lowest BCUT2D eigenvalue weighted by molar-refractivity contribution is 0.0712. The molecule has 160 valence electrons. The van der Waals surface area contributed by atoms with Crippen LogP contribution in [-0.2, 0) is 4.74 Å². The number of halogens is 1. The highest BCUT2D eigenvalue weighted by molar-refractivity contribution is 5.96. The summed E-state index contributed by atoms with van der Waals surface area (Å²) in [5.41, 5.74) is 12.1. The van der Waals surface area contributed by atoms with Crippen LogP contribution in [-0.4, -0.2) is 48.3 Å². The summed E-state index contributed by atoms with van der Waals surface area (Å²) in [6.45, 7) is 2.14. The molecule has 8 heteroatoms. The van der Waals surface area contributed by atoms with Gasteiger partial charge in [-0.1, -0.05) is 0 Å². The fourth-order valence-electron chi connectivity index (χ4n) is 3.95. The van der Waals surface area contributed by atoms with Crippen LogP contribution in [0.3, 0.4) is 0 Å². The highest BCUT2D eigenvalue weighted by atomic mass is 19.1. The monoisotopic (exact) mass is 405 g/mol. The lowest BCUT2D eigenvalue weighted by atomic mass is 9.79. The molecule has 0 radical (unpaired) electrons. The highest BCUT2D eigenvalue weighted by Gasteiger charge is 2.34. The third kappa shape index (κ3) is 6.16. The van der Waals surface area contributed by atoms with E-state index in [2.05, 4.69) is 15.6 Å². The smallest absolute Gasteiger partial charge is 0.173 e. The summed E-state index contributed by atoms with van der Waals surface area (Å²) in [6, 6.07) is 6.61. The third-order valence-corrected chi connectivity index (χ3v) is 5.88. The van der Waals surface area contributed by atoms with Crippen molar-refractivity contribution in [3.63, 3.8) is 0 Å². The van der Waals surface area contributed by atoms with Gasteiger partial charge in [0.2, 0.25) is 0 Å². The number of aliphatic hydroxyl groups excluding tert-OH is 1. The first kappa shape index (κ1) is 21.5. The normalized spacial score (nSPS) is 27.0. The largest absolute Gasteiger partial charge is 0.503 e. The van der Waals surface area contributed by atoms with Gasteiger partial charge in [-0.3, -0.25) is 0 Å². The van der Waals surface area contributed by atoms with Gasteiger partial charge in [0.05, 0.1) is 5.69 Å². The van der Waals surface area contributed by atoms with E-state index in [9.17, 15) is 9.50 Å². The number of aliphatic imine (C=N–C) groups is 1. The standard InChI is InChI=1S/C21H32FN5O2/c22-15-1-3-16(4-2-15)27-20(24)19(28)13-25-21(14-23)9-5-17(6-10-21)26-18-7-11-29-12-8-18/h1-4,13,17-18,25-26,28H,5-12,14,23H2,(H2,24,27)/b19-13+. The molecule has 7 N–H and O–H groups in total. The van der Waals surface area contributed by atoms with Gasteiger partial charge >= 0.3 is 0 Å². The van der Waals surface area contributed by atoms with Crippen LogP contribution in [0, 0.1) is 5.82 Å². The highest BCUT2D eigenvalue weighted by Crippen LogP contribution is 2.29. The number of amidine groups is 1. The van der Waals surface area contributed by atoms with Crippen molar-refractivity contribution < 1.29 is 14.2 Å². The van der Waals surface area contributed by atoms with E-state index in [4.69, 9.17) is 16.2 Å². The maximum atomic E-state index is 13.0. The van der Waals surface area contributed by atoms with Crippen LogP contribution in [0.5, 0.6) is 0 Å². The minimum Gasteiger partial charge on any atom is -0.503 e. The molecule has 1 aliphatic heterocycles. The molecular formula is C21H32FN5O2. The number of nitrogens with two attached hydrogens (primary N) is 2. The van der Waals surface area contributed by atoms with Crippen LogP contribution >= 0.6 is 0 Å². The van der Waals surface area contributed by atoms with Crippen molar-refractivity contribution in [3.8, 4) is 0 Å². The number of hydrogen-bond donors (Lipinski definition) is 5. The number of nitrogens with one attached hydrogen (secondary N) is 2. The van der Waals surface area contributed by atoms with Gasteiger partial charge in [-0.2, -0.15) is 0 Å². The molecule has 2 aliphatic rings. The van der Waals surface area contributed by atoms with Crippen molar-refractivity contribution in [1.82, 2.24) is 10.6 Å². The van der Waals surface area contributed by atoms with E-state index in [0.29, 0.717) is 24.3 Å². The average molecular weight is 406 g/mol. The summed E-state index contributed by atoms with van der Waals surface area (Å²) >= 11 is 0. The SMILES string of the molecule is NCC1(N/C=C(/O)C(N)=Nc2ccc(F)cc2)CCC(NC2CCOCC2)CC1. The second-order valence-corrected chi connectivity index (χ2v) is 7.96. The summed E-state index contributed by atoms with van der Waals surface area (Å²) < 4.78 is 18.4. The van der Waals surface area contributed by atoms with Gasteiger partial charge in [0.15, 0.2) is 11.6 Å². The Labute approximate surface area is 171 Å². The molecular weight excluding hydrogens is 373 g/mol. The van der Waals surface area contributed by atoms with E-state index in [-0.39, 0.29) is 23.0 Å². The molecule has 0 unspecified atom stereocenters. The van der Waals surface area contributed by atoms with Gasteiger partial charge in [-0.25, -0.2) is 9.38 Å². The molecule has 0 atom stereocenters. The van der Waals surface area contributed by atoms with E-state index in [0.717, 1.165) is 51.7 Å². The Kier molecular flexibility index (Phi) is 7.46. The molecule has 0 amide bonds. The van der Waals surface area contributed by atoms with Crippen molar-refractivity contribution in [2.75, 3.05) is 19.8 Å². The molecule has 3 rings (SSSR count). The molecule has 2 fully saturated rings. The zero-order valence-electron chi connectivity index (χ0n) is 16.7. The number of benzene rings is 1. The summed E-state index contributed by atoms with van der Waals surface area (Å²) in [5, 5.41) is 17.3. The number of nitrogens with zero attached hydrogens (tertiary/aromatic N) is 1. The van der Waals surface area contributed by atoms with Gasteiger partial charge in [0.25, 0.3) is 0 Å².